The Hall–Kier alpha value is -3.15. The molecule has 0 aliphatic carbocycles. The SMILES string of the molecule is COC(=O)C1CCN(C(=O)c2ccc3c(c2)nc(C)n3-c2ccccc2)CC1. The number of carbonyl (C=O) groups is 2. The molecular weight excluding hydrogens is 354 g/mol. The third-order valence-electron chi connectivity index (χ3n) is 5.40. The predicted molar refractivity (Wildman–Crippen MR) is 106 cm³/mol. The molecule has 0 unspecified atom stereocenters. The van der Waals surface area contributed by atoms with E-state index in [2.05, 4.69) is 9.55 Å². The maximum Gasteiger partial charge on any atom is 0.308 e. The number of hydrogen-bond acceptors (Lipinski definition) is 4. The number of amides is 1. The van der Waals surface area contributed by atoms with E-state index in [1.165, 1.54) is 7.11 Å². The van der Waals surface area contributed by atoms with Gasteiger partial charge in [-0.1, -0.05) is 18.2 Å². The molecule has 1 aliphatic heterocycles. The summed E-state index contributed by atoms with van der Waals surface area (Å²) in [5.74, 6) is 0.568. The number of fused-ring (bicyclic) bond motifs is 1. The van der Waals surface area contributed by atoms with Gasteiger partial charge in [0.1, 0.15) is 5.82 Å². The second kappa shape index (κ2) is 7.46. The van der Waals surface area contributed by atoms with E-state index in [9.17, 15) is 9.59 Å². The van der Waals surface area contributed by atoms with Crippen molar-refractivity contribution in [1.82, 2.24) is 14.5 Å². The maximum atomic E-state index is 12.9. The monoisotopic (exact) mass is 377 g/mol. The van der Waals surface area contributed by atoms with E-state index in [1.807, 2.05) is 60.4 Å². The Balaban J connectivity index is 1.57. The number of para-hydroxylation sites is 1. The number of aryl methyl sites for hydroxylation is 1. The molecule has 1 aromatic heterocycles. The van der Waals surface area contributed by atoms with Crippen LogP contribution in [0.15, 0.2) is 48.5 Å². The fraction of sp³-hybridized carbons (Fsp3) is 0.318. The number of methoxy groups -OCH3 is 1. The fourth-order valence-electron chi connectivity index (χ4n) is 3.90. The van der Waals surface area contributed by atoms with Gasteiger partial charge in [0.2, 0.25) is 0 Å². The molecule has 2 aromatic carbocycles. The van der Waals surface area contributed by atoms with E-state index in [0.717, 1.165) is 22.5 Å². The molecule has 4 rings (SSSR count). The van der Waals surface area contributed by atoms with E-state index in [1.54, 1.807) is 0 Å². The fourth-order valence-corrected chi connectivity index (χ4v) is 3.90. The first kappa shape index (κ1) is 18.2. The highest BCUT2D eigenvalue weighted by Gasteiger charge is 2.28. The smallest absolute Gasteiger partial charge is 0.308 e. The van der Waals surface area contributed by atoms with E-state index in [0.29, 0.717) is 31.5 Å². The van der Waals surface area contributed by atoms with Gasteiger partial charge >= 0.3 is 5.97 Å². The number of benzene rings is 2. The highest BCUT2D eigenvalue weighted by molar-refractivity contribution is 5.97. The molecule has 1 aliphatic rings. The largest absolute Gasteiger partial charge is 0.469 e. The van der Waals surface area contributed by atoms with E-state index in [-0.39, 0.29) is 17.8 Å². The molecule has 0 N–H and O–H groups in total. The van der Waals surface area contributed by atoms with Crippen LogP contribution in [0.25, 0.3) is 16.7 Å². The molecule has 1 amide bonds. The van der Waals surface area contributed by atoms with Gasteiger partial charge in [-0.25, -0.2) is 4.98 Å². The van der Waals surface area contributed by atoms with Crippen LogP contribution in [0.4, 0.5) is 0 Å². The minimum atomic E-state index is -0.185. The molecule has 6 heteroatoms. The van der Waals surface area contributed by atoms with Gasteiger partial charge in [0.15, 0.2) is 0 Å². The van der Waals surface area contributed by atoms with Crippen LogP contribution in [0.2, 0.25) is 0 Å². The van der Waals surface area contributed by atoms with Gasteiger partial charge < -0.3 is 9.64 Å². The molecule has 1 saturated heterocycles. The Labute approximate surface area is 163 Å². The van der Waals surface area contributed by atoms with Crippen molar-refractivity contribution >= 4 is 22.9 Å². The minimum Gasteiger partial charge on any atom is -0.469 e. The number of ether oxygens (including phenoxy) is 1. The Morgan fingerprint density at radius 3 is 2.46 bits per heavy atom. The first-order chi connectivity index (χ1) is 13.6. The molecule has 0 radical (unpaired) electrons. The van der Waals surface area contributed by atoms with Crippen molar-refractivity contribution in [1.29, 1.82) is 0 Å². The number of piperidine rings is 1. The number of hydrogen-bond donors (Lipinski definition) is 0. The van der Waals surface area contributed by atoms with Gasteiger partial charge in [0, 0.05) is 24.3 Å². The Morgan fingerprint density at radius 1 is 1.07 bits per heavy atom. The lowest BCUT2D eigenvalue weighted by molar-refractivity contribution is -0.146. The van der Waals surface area contributed by atoms with Crippen molar-refractivity contribution in [3.63, 3.8) is 0 Å². The first-order valence-corrected chi connectivity index (χ1v) is 9.50. The number of likely N-dealkylation sites (tertiary alicyclic amines) is 1. The van der Waals surface area contributed by atoms with Crippen molar-refractivity contribution < 1.29 is 14.3 Å². The number of aromatic nitrogens is 2. The number of rotatable bonds is 3. The molecule has 1 fully saturated rings. The summed E-state index contributed by atoms with van der Waals surface area (Å²) in [5.41, 5.74) is 3.45. The van der Waals surface area contributed by atoms with Crippen LogP contribution in [-0.4, -0.2) is 46.5 Å². The second-order valence-corrected chi connectivity index (χ2v) is 7.12. The average molecular weight is 377 g/mol. The van der Waals surface area contributed by atoms with Crippen LogP contribution in [-0.2, 0) is 9.53 Å². The Bertz CT molecular complexity index is 1020. The molecular formula is C22H23N3O3. The van der Waals surface area contributed by atoms with Crippen LogP contribution < -0.4 is 0 Å². The molecule has 144 valence electrons. The van der Waals surface area contributed by atoms with Crippen molar-refractivity contribution in [2.45, 2.75) is 19.8 Å². The van der Waals surface area contributed by atoms with Gasteiger partial charge in [-0.3, -0.25) is 14.2 Å². The quantitative estimate of drug-likeness (QED) is 0.657. The molecule has 0 atom stereocenters. The Morgan fingerprint density at radius 2 is 1.79 bits per heavy atom. The summed E-state index contributed by atoms with van der Waals surface area (Å²) in [6.07, 6.45) is 1.28. The highest BCUT2D eigenvalue weighted by atomic mass is 16.5. The zero-order valence-electron chi connectivity index (χ0n) is 16.1. The molecule has 6 nitrogen and oxygen atoms in total. The van der Waals surface area contributed by atoms with E-state index >= 15 is 0 Å². The summed E-state index contributed by atoms with van der Waals surface area (Å²) in [7, 11) is 1.41. The van der Waals surface area contributed by atoms with Gasteiger partial charge in [0.25, 0.3) is 5.91 Å². The topological polar surface area (TPSA) is 64.4 Å². The summed E-state index contributed by atoms with van der Waals surface area (Å²) in [4.78, 5) is 31.1. The zero-order chi connectivity index (χ0) is 19.7. The third kappa shape index (κ3) is 3.26. The summed E-state index contributed by atoms with van der Waals surface area (Å²) in [6.45, 7) is 3.09. The van der Waals surface area contributed by atoms with E-state index < -0.39 is 0 Å². The lowest BCUT2D eigenvalue weighted by atomic mass is 9.96. The number of nitrogens with zero attached hydrogens (tertiary/aromatic N) is 3. The van der Waals surface area contributed by atoms with Crippen molar-refractivity contribution in [3.8, 4) is 5.69 Å². The van der Waals surface area contributed by atoms with Gasteiger partial charge in [0.05, 0.1) is 24.1 Å². The Kier molecular flexibility index (Phi) is 4.86. The van der Waals surface area contributed by atoms with Crippen molar-refractivity contribution in [2.24, 2.45) is 5.92 Å². The third-order valence-corrected chi connectivity index (χ3v) is 5.40. The summed E-state index contributed by atoms with van der Waals surface area (Å²) in [6, 6.07) is 15.7. The van der Waals surface area contributed by atoms with Crippen LogP contribution >= 0.6 is 0 Å². The molecule has 0 bridgehead atoms. The first-order valence-electron chi connectivity index (χ1n) is 9.50. The zero-order valence-corrected chi connectivity index (χ0v) is 16.1. The molecule has 3 aromatic rings. The van der Waals surface area contributed by atoms with Gasteiger partial charge in [-0.05, 0) is 50.1 Å². The summed E-state index contributed by atoms with van der Waals surface area (Å²) in [5, 5.41) is 0. The molecule has 0 spiro atoms. The number of imidazole rings is 1. The van der Waals surface area contributed by atoms with Crippen LogP contribution in [0.5, 0.6) is 0 Å². The van der Waals surface area contributed by atoms with Gasteiger partial charge in [-0.2, -0.15) is 0 Å². The summed E-state index contributed by atoms with van der Waals surface area (Å²) >= 11 is 0. The minimum absolute atomic E-state index is 0.0165. The van der Waals surface area contributed by atoms with Crippen LogP contribution in [0.1, 0.15) is 29.0 Å². The normalized spacial score (nSPS) is 15.0. The average Bonchev–Trinajstić information content (AvgIpc) is 3.08. The molecule has 0 saturated carbocycles. The lowest BCUT2D eigenvalue weighted by Gasteiger charge is -2.30. The number of carbonyl (C=O) groups excluding carboxylic acids is 2. The molecule has 28 heavy (non-hydrogen) atoms. The highest BCUT2D eigenvalue weighted by Crippen LogP contribution is 2.24. The summed E-state index contributed by atoms with van der Waals surface area (Å²) < 4.78 is 6.90. The molecule has 2 heterocycles. The van der Waals surface area contributed by atoms with Crippen LogP contribution in [0, 0.1) is 12.8 Å². The van der Waals surface area contributed by atoms with Gasteiger partial charge in [-0.15, -0.1) is 0 Å². The standard InChI is InChI=1S/C22H23N3O3/c1-15-23-19-14-17(8-9-20(19)25(15)18-6-4-3-5-7-18)21(26)24-12-10-16(11-13-24)22(27)28-2/h3-9,14,16H,10-13H2,1-2H3. The van der Waals surface area contributed by atoms with Crippen molar-refractivity contribution in [2.75, 3.05) is 20.2 Å². The van der Waals surface area contributed by atoms with Crippen LogP contribution in [0.3, 0.4) is 0 Å². The van der Waals surface area contributed by atoms with Crippen molar-refractivity contribution in [3.05, 3.63) is 59.9 Å². The number of esters is 1. The lowest BCUT2D eigenvalue weighted by Crippen LogP contribution is -2.40. The second-order valence-electron chi connectivity index (χ2n) is 7.12. The maximum absolute atomic E-state index is 12.9. The van der Waals surface area contributed by atoms with E-state index in [4.69, 9.17) is 4.74 Å². The predicted octanol–water partition coefficient (Wildman–Crippen LogP) is 3.36.